The summed E-state index contributed by atoms with van der Waals surface area (Å²) in [5.74, 6) is -1.50. The molecule has 0 atom stereocenters. The van der Waals surface area contributed by atoms with Gasteiger partial charge in [0.2, 0.25) is 0 Å². The van der Waals surface area contributed by atoms with E-state index in [1.54, 1.807) is 0 Å². The van der Waals surface area contributed by atoms with Crippen molar-refractivity contribution in [3.8, 4) is 0 Å². The lowest BCUT2D eigenvalue weighted by Gasteiger charge is -1.96. The first-order chi connectivity index (χ1) is 6.40. The van der Waals surface area contributed by atoms with E-state index in [9.17, 15) is 14.9 Å². The lowest BCUT2D eigenvalue weighted by molar-refractivity contribution is -0.419. The third-order valence-corrected chi connectivity index (χ3v) is 1.29. The van der Waals surface area contributed by atoms with Gasteiger partial charge in [0.05, 0.1) is 4.92 Å². The third kappa shape index (κ3) is 3.28. The Morgan fingerprint density at radius 3 is 2.36 bits per heavy atom. The molecule has 0 bridgehead atoms. The number of carboxylic acids is 1. The van der Waals surface area contributed by atoms with Gasteiger partial charge in [-0.25, -0.2) is 4.79 Å². The molecule has 0 saturated carbocycles. The van der Waals surface area contributed by atoms with Crippen molar-refractivity contribution in [3.63, 3.8) is 0 Å². The van der Waals surface area contributed by atoms with E-state index < -0.39 is 22.2 Å². The zero-order valence-electron chi connectivity index (χ0n) is 6.94. The molecule has 14 heavy (non-hydrogen) atoms. The Bertz CT molecular complexity index is 342. The fraction of sp³-hybridized carbons (Fsp3) is 0. The van der Waals surface area contributed by atoms with Crippen LogP contribution in [0.5, 0.6) is 0 Å². The number of nitro groups is 1. The van der Waals surface area contributed by atoms with Crippen molar-refractivity contribution in [2.75, 3.05) is 0 Å². The monoisotopic (exact) mass is 218 g/mol. The van der Waals surface area contributed by atoms with Gasteiger partial charge in [0.1, 0.15) is 10.7 Å². The van der Waals surface area contributed by atoms with Crippen LogP contribution in [0.25, 0.3) is 0 Å². The fourth-order valence-corrected chi connectivity index (χ4v) is 0.775. The zero-order valence-corrected chi connectivity index (χ0v) is 7.69. The van der Waals surface area contributed by atoms with Crippen LogP contribution in [0.3, 0.4) is 0 Å². The molecule has 0 aliphatic heterocycles. The summed E-state index contributed by atoms with van der Waals surface area (Å²) < 4.78 is 0. The van der Waals surface area contributed by atoms with Gasteiger partial charge >= 0.3 is 5.97 Å². The van der Waals surface area contributed by atoms with Gasteiger partial charge in [0, 0.05) is 6.08 Å². The number of carbonyl (C=O) groups is 1. The maximum Gasteiger partial charge on any atom is 0.342 e. The Morgan fingerprint density at radius 2 is 2.14 bits per heavy atom. The summed E-state index contributed by atoms with van der Waals surface area (Å²) >= 11 is 5.21. The number of nitrogens with two attached hydrogens (primary N) is 1. The Morgan fingerprint density at radius 1 is 1.64 bits per heavy atom. The summed E-state index contributed by atoms with van der Waals surface area (Å²) in [5, 5.41) is 18.6. The first-order valence-electron chi connectivity index (χ1n) is 3.27. The van der Waals surface area contributed by atoms with Crippen LogP contribution in [0.2, 0.25) is 0 Å². The molecule has 0 rings (SSSR count). The highest BCUT2D eigenvalue weighted by molar-refractivity contribution is 6.29. The summed E-state index contributed by atoms with van der Waals surface area (Å²) in [6, 6.07) is 0. The number of aliphatic carboxylic acids is 1. The van der Waals surface area contributed by atoms with E-state index in [4.69, 9.17) is 22.4 Å². The molecule has 0 saturated heterocycles. The minimum absolute atomic E-state index is 0.358. The number of carboxylic acid groups (broad SMARTS) is 1. The van der Waals surface area contributed by atoms with Crippen molar-refractivity contribution in [2.24, 2.45) is 5.73 Å². The van der Waals surface area contributed by atoms with E-state index in [-0.39, 0.29) is 5.16 Å². The molecule has 0 unspecified atom stereocenters. The molecule has 0 aromatic carbocycles. The van der Waals surface area contributed by atoms with E-state index in [0.717, 1.165) is 12.2 Å². The van der Waals surface area contributed by atoms with Crippen molar-refractivity contribution in [3.05, 3.63) is 45.3 Å². The largest absolute Gasteiger partial charge is 0.477 e. The molecule has 3 N–H and O–H groups in total. The molecule has 76 valence electrons. The predicted molar refractivity (Wildman–Crippen MR) is 50.0 cm³/mol. The van der Waals surface area contributed by atoms with Crippen LogP contribution < -0.4 is 5.73 Å². The molecule has 0 aliphatic carbocycles. The molecule has 7 heteroatoms. The van der Waals surface area contributed by atoms with Crippen molar-refractivity contribution in [1.82, 2.24) is 0 Å². The fourth-order valence-electron chi connectivity index (χ4n) is 0.666. The van der Waals surface area contributed by atoms with E-state index in [1.807, 2.05) is 0 Å². The molecule has 6 nitrogen and oxygen atoms in total. The van der Waals surface area contributed by atoms with Crippen molar-refractivity contribution < 1.29 is 14.8 Å². The van der Waals surface area contributed by atoms with Gasteiger partial charge in [-0.2, -0.15) is 0 Å². The van der Waals surface area contributed by atoms with E-state index in [1.165, 1.54) is 0 Å². The first kappa shape index (κ1) is 12.2. The summed E-state index contributed by atoms with van der Waals surface area (Å²) in [6.45, 7) is 3.12. The van der Waals surface area contributed by atoms with Crippen LogP contribution in [0, 0.1) is 10.1 Å². The summed E-state index contributed by atoms with van der Waals surface area (Å²) in [5.41, 5.74) is 3.72. The van der Waals surface area contributed by atoms with E-state index in [0.29, 0.717) is 0 Å². The van der Waals surface area contributed by atoms with Crippen molar-refractivity contribution in [2.45, 2.75) is 0 Å². The highest BCUT2D eigenvalue weighted by Crippen LogP contribution is 2.11. The van der Waals surface area contributed by atoms with Crippen LogP contribution in [-0.2, 0) is 4.79 Å². The van der Waals surface area contributed by atoms with E-state index in [2.05, 4.69) is 6.58 Å². The standard InChI is InChI=1S/C7H7ClN2O4/c1-2-5(10(13)14)4(7(11)12)3-6(8)9/h2-3H,1,9H2,(H,11,12)/b5-4-,6-3-. The quantitative estimate of drug-likeness (QED) is 0.239. The number of allylic oxidation sites excluding steroid dienone is 1. The minimum Gasteiger partial charge on any atom is -0.477 e. The van der Waals surface area contributed by atoms with Crippen LogP contribution >= 0.6 is 11.6 Å². The van der Waals surface area contributed by atoms with Crippen LogP contribution in [-0.4, -0.2) is 16.0 Å². The molecule has 0 radical (unpaired) electrons. The summed E-state index contributed by atoms with van der Waals surface area (Å²) in [7, 11) is 0. The molecule has 0 heterocycles. The Labute approximate surface area is 84.1 Å². The van der Waals surface area contributed by atoms with Crippen molar-refractivity contribution >= 4 is 17.6 Å². The van der Waals surface area contributed by atoms with Crippen molar-refractivity contribution in [1.29, 1.82) is 0 Å². The molecular formula is C7H7ClN2O4. The van der Waals surface area contributed by atoms with Gasteiger partial charge in [0.15, 0.2) is 0 Å². The van der Waals surface area contributed by atoms with Gasteiger partial charge in [0.25, 0.3) is 5.70 Å². The minimum atomic E-state index is -1.50. The van der Waals surface area contributed by atoms with Gasteiger partial charge in [-0.15, -0.1) is 0 Å². The van der Waals surface area contributed by atoms with Gasteiger partial charge in [-0.05, 0) is 6.08 Å². The topological polar surface area (TPSA) is 106 Å². The lowest BCUT2D eigenvalue weighted by atomic mass is 10.2. The van der Waals surface area contributed by atoms with Crippen LogP contribution in [0.1, 0.15) is 0 Å². The SMILES string of the molecule is C=C/C(=C(\C=C(/N)Cl)C(=O)O)[N+](=O)[O-]. The first-order valence-corrected chi connectivity index (χ1v) is 3.65. The Hall–Kier alpha value is -1.82. The highest BCUT2D eigenvalue weighted by Gasteiger charge is 2.19. The molecule has 0 aliphatic rings. The predicted octanol–water partition coefficient (Wildman–Crippen LogP) is 0.827. The van der Waals surface area contributed by atoms with Crippen LogP contribution in [0.15, 0.2) is 35.2 Å². The second-order valence-corrected chi connectivity index (χ2v) is 2.53. The molecule has 0 spiro atoms. The van der Waals surface area contributed by atoms with Gasteiger partial charge in [-0.3, -0.25) is 10.1 Å². The normalized spacial score (nSPS) is 13.1. The van der Waals surface area contributed by atoms with Gasteiger partial charge < -0.3 is 10.8 Å². The molecule has 0 amide bonds. The maximum atomic E-state index is 10.6. The van der Waals surface area contributed by atoms with E-state index >= 15 is 0 Å². The number of hydrogen-bond donors (Lipinski definition) is 2. The molecule has 0 fully saturated rings. The average Bonchev–Trinajstić information content (AvgIpc) is 2.02. The second-order valence-electron chi connectivity index (χ2n) is 2.09. The zero-order chi connectivity index (χ0) is 11.3. The summed E-state index contributed by atoms with van der Waals surface area (Å²) in [4.78, 5) is 20.0. The number of nitrogens with zero attached hydrogens (tertiary/aromatic N) is 1. The number of hydrogen-bond acceptors (Lipinski definition) is 4. The van der Waals surface area contributed by atoms with Crippen LogP contribution in [0.4, 0.5) is 0 Å². The average molecular weight is 219 g/mol. The maximum absolute atomic E-state index is 10.6. The second kappa shape index (κ2) is 5.03. The molecule has 0 aromatic rings. The number of rotatable bonds is 4. The molecular weight excluding hydrogens is 212 g/mol. The van der Waals surface area contributed by atoms with Gasteiger partial charge in [-0.1, -0.05) is 18.2 Å². The highest BCUT2D eigenvalue weighted by atomic mass is 35.5. The Balaban J connectivity index is 5.56. The Kier molecular flexibility index (Phi) is 4.37. The summed E-state index contributed by atoms with van der Waals surface area (Å²) in [6.07, 6.45) is 1.59. The third-order valence-electron chi connectivity index (χ3n) is 1.18. The molecule has 0 aromatic heterocycles. The smallest absolute Gasteiger partial charge is 0.342 e. The number of halogens is 1. The lowest BCUT2D eigenvalue weighted by Crippen LogP contribution is -2.08.